The van der Waals surface area contributed by atoms with Crippen LogP contribution in [0.4, 0.5) is 0 Å². The Morgan fingerprint density at radius 1 is 1.91 bits per heavy atom. The fourth-order valence-corrected chi connectivity index (χ4v) is 1.95. The van der Waals surface area contributed by atoms with Gasteiger partial charge in [-0.3, -0.25) is 0 Å². The molecule has 0 aliphatic rings. The van der Waals surface area contributed by atoms with E-state index in [0.717, 1.165) is 4.34 Å². The molecule has 0 N–H and O–H groups in total. The van der Waals surface area contributed by atoms with Crippen molar-refractivity contribution in [2.75, 3.05) is 5.75 Å². The van der Waals surface area contributed by atoms with Gasteiger partial charge in [0, 0.05) is 5.75 Å². The van der Waals surface area contributed by atoms with Gasteiger partial charge in [0.05, 0.1) is 6.07 Å². The van der Waals surface area contributed by atoms with E-state index in [4.69, 9.17) is 16.9 Å². The zero-order valence-corrected chi connectivity index (χ0v) is 7.79. The molecule has 1 atom stereocenters. The Morgan fingerprint density at radius 3 is 3.27 bits per heavy atom. The fraction of sp³-hybridized carbons (Fsp3) is 0.400. The third-order valence-corrected chi connectivity index (χ3v) is 3.22. The summed E-state index contributed by atoms with van der Waals surface area (Å²) in [7, 11) is 0. The molecule has 0 fully saturated rings. The van der Waals surface area contributed by atoms with Crippen LogP contribution in [-0.2, 0) is 0 Å². The fourth-order valence-electron chi connectivity index (χ4n) is 0.408. The summed E-state index contributed by atoms with van der Waals surface area (Å²) in [5, 5.41) is 15.3. The summed E-state index contributed by atoms with van der Waals surface area (Å²) in [4.78, 5) is 0. The lowest BCUT2D eigenvalue weighted by molar-refractivity contribution is 1.01. The van der Waals surface area contributed by atoms with Crippen LogP contribution in [0, 0.1) is 11.3 Å². The SMILES string of the molecule is N#CC(Cl)CSc1nncs1. The highest BCUT2D eigenvalue weighted by atomic mass is 35.5. The average molecular weight is 206 g/mol. The number of thioether (sulfide) groups is 1. The van der Waals surface area contributed by atoms with Gasteiger partial charge in [-0.05, 0) is 0 Å². The quantitative estimate of drug-likeness (QED) is 0.558. The van der Waals surface area contributed by atoms with Crippen LogP contribution >= 0.6 is 34.7 Å². The molecule has 1 unspecified atom stereocenters. The lowest BCUT2D eigenvalue weighted by Gasteiger charge is -1.94. The normalized spacial score (nSPS) is 12.4. The highest BCUT2D eigenvalue weighted by molar-refractivity contribution is 8.01. The van der Waals surface area contributed by atoms with Gasteiger partial charge in [-0.25, -0.2) is 0 Å². The van der Waals surface area contributed by atoms with E-state index in [-0.39, 0.29) is 0 Å². The lowest BCUT2D eigenvalue weighted by Crippen LogP contribution is -1.96. The number of nitrogens with zero attached hydrogens (tertiary/aromatic N) is 3. The van der Waals surface area contributed by atoms with Crippen molar-refractivity contribution < 1.29 is 0 Å². The first-order valence-corrected chi connectivity index (χ1v) is 5.05. The molecule has 1 aromatic heterocycles. The van der Waals surface area contributed by atoms with Gasteiger partial charge in [0.1, 0.15) is 10.9 Å². The Bertz CT molecular complexity index is 243. The Labute approximate surface area is 77.4 Å². The van der Waals surface area contributed by atoms with Crippen molar-refractivity contribution in [3.8, 4) is 6.07 Å². The molecule has 0 spiro atoms. The predicted molar refractivity (Wildman–Crippen MR) is 45.9 cm³/mol. The van der Waals surface area contributed by atoms with Gasteiger partial charge in [-0.2, -0.15) is 5.26 Å². The lowest BCUT2D eigenvalue weighted by atomic mass is 10.5. The third kappa shape index (κ3) is 3.06. The van der Waals surface area contributed by atoms with Gasteiger partial charge in [-0.1, -0.05) is 23.1 Å². The minimum absolute atomic E-state index is 0.441. The zero-order valence-electron chi connectivity index (χ0n) is 5.40. The van der Waals surface area contributed by atoms with Crippen LogP contribution in [0.15, 0.2) is 9.85 Å². The summed E-state index contributed by atoms with van der Waals surface area (Å²) in [5.41, 5.74) is 1.65. The molecule has 0 radical (unpaired) electrons. The number of halogens is 1. The minimum atomic E-state index is -0.441. The van der Waals surface area contributed by atoms with Crippen molar-refractivity contribution in [2.45, 2.75) is 9.72 Å². The summed E-state index contributed by atoms with van der Waals surface area (Å²) in [6, 6.07) is 1.93. The van der Waals surface area contributed by atoms with Crippen LogP contribution in [0.1, 0.15) is 0 Å². The molecule has 0 aliphatic heterocycles. The molecule has 0 saturated heterocycles. The monoisotopic (exact) mass is 205 g/mol. The van der Waals surface area contributed by atoms with E-state index in [0.29, 0.717) is 5.75 Å². The van der Waals surface area contributed by atoms with Crippen LogP contribution in [0.2, 0.25) is 0 Å². The van der Waals surface area contributed by atoms with Gasteiger partial charge in [0.15, 0.2) is 4.34 Å². The molecule has 0 aliphatic carbocycles. The molecule has 1 rings (SSSR count). The molecule has 58 valence electrons. The Hall–Kier alpha value is -0.310. The molecule has 0 amide bonds. The van der Waals surface area contributed by atoms with E-state index in [1.165, 1.54) is 23.1 Å². The molecule has 1 heterocycles. The Morgan fingerprint density at radius 2 is 2.73 bits per heavy atom. The van der Waals surface area contributed by atoms with E-state index in [1.54, 1.807) is 5.51 Å². The molecule has 11 heavy (non-hydrogen) atoms. The standard InChI is InChI=1S/C5H4ClN3S2/c6-4(1-7)2-10-5-9-8-3-11-5/h3-4H,2H2. The summed E-state index contributed by atoms with van der Waals surface area (Å²) >= 11 is 8.45. The minimum Gasteiger partial charge on any atom is -0.197 e. The molecule has 0 aromatic carbocycles. The summed E-state index contributed by atoms with van der Waals surface area (Å²) in [6.45, 7) is 0. The van der Waals surface area contributed by atoms with Gasteiger partial charge in [-0.15, -0.1) is 21.8 Å². The van der Waals surface area contributed by atoms with Crippen molar-refractivity contribution in [3.05, 3.63) is 5.51 Å². The maximum atomic E-state index is 8.34. The van der Waals surface area contributed by atoms with Gasteiger partial charge < -0.3 is 0 Å². The number of hydrogen-bond acceptors (Lipinski definition) is 5. The van der Waals surface area contributed by atoms with E-state index >= 15 is 0 Å². The van der Waals surface area contributed by atoms with Crippen molar-refractivity contribution in [2.24, 2.45) is 0 Å². The number of rotatable bonds is 3. The van der Waals surface area contributed by atoms with Crippen molar-refractivity contribution >= 4 is 34.7 Å². The first-order chi connectivity index (χ1) is 5.33. The topological polar surface area (TPSA) is 49.6 Å². The Kier molecular flexibility index (Phi) is 3.63. The number of hydrogen-bond donors (Lipinski definition) is 0. The second-order valence-electron chi connectivity index (χ2n) is 1.61. The van der Waals surface area contributed by atoms with Crippen LogP contribution in [0.25, 0.3) is 0 Å². The summed E-state index contributed by atoms with van der Waals surface area (Å²) in [6.07, 6.45) is 0. The highest BCUT2D eigenvalue weighted by Crippen LogP contribution is 2.20. The van der Waals surface area contributed by atoms with Crippen LogP contribution in [-0.4, -0.2) is 21.3 Å². The molecular formula is C5H4ClN3S2. The van der Waals surface area contributed by atoms with Gasteiger partial charge >= 0.3 is 0 Å². The Balaban J connectivity index is 2.30. The number of alkyl halides is 1. The van der Waals surface area contributed by atoms with Crippen molar-refractivity contribution in [1.29, 1.82) is 5.26 Å². The highest BCUT2D eigenvalue weighted by Gasteiger charge is 2.04. The largest absolute Gasteiger partial charge is 0.197 e. The molecule has 3 nitrogen and oxygen atoms in total. The number of nitriles is 1. The van der Waals surface area contributed by atoms with E-state index in [9.17, 15) is 0 Å². The summed E-state index contributed by atoms with van der Waals surface area (Å²) in [5.74, 6) is 0.563. The smallest absolute Gasteiger partial charge is 0.174 e. The predicted octanol–water partition coefficient (Wildman–Crippen LogP) is 1.76. The van der Waals surface area contributed by atoms with Crippen LogP contribution in [0.3, 0.4) is 0 Å². The average Bonchev–Trinajstić information content (AvgIpc) is 2.52. The van der Waals surface area contributed by atoms with E-state index < -0.39 is 5.38 Å². The molecule has 6 heteroatoms. The second kappa shape index (κ2) is 4.54. The maximum Gasteiger partial charge on any atom is 0.174 e. The molecule has 0 saturated carbocycles. The van der Waals surface area contributed by atoms with Gasteiger partial charge in [0.2, 0.25) is 0 Å². The van der Waals surface area contributed by atoms with Crippen LogP contribution in [0.5, 0.6) is 0 Å². The molecular weight excluding hydrogens is 202 g/mol. The zero-order chi connectivity index (χ0) is 8.10. The van der Waals surface area contributed by atoms with Gasteiger partial charge in [0.25, 0.3) is 0 Å². The van der Waals surface area contributed by atoms with E-state index in [2.05, 4.69) is 10.2 Å². The molecule has 0 bridgehead atoms. The first-order valence-electron chi connectivity index (χ1n) is 2.75. The maximum absolute atomic E-state index is 8.34. The number of aromatic nitrogens is 2. The van der Waals surface area contributed by atoms with Crippen molar-refractivity contribution in [3.63, 3.8) is 0 Å². The summed E-state index contributed by atoms with van der Waals surface area (Å²) < 4.78 is 0.853. The first kappa shape index (κ1) is 8.78. The van der Waals surface area contributed by atoms with Crippen LogP contribution < -0.4 is 0 Å². The third-order valence-electron chi connectivity index (χ3n) is 0.833. The van der Waals surface area contributed by atoms with Crippen molar-refractivity contribution in [1.82, 2.24) is 10.2 Å². The molecule has 1 aromatic rings. The second-order valence-corrected chi connectivity index (χ2v) is 4.24. The van der Waals surface area contributed by atoms with E-state index in [1.807, 2.05) is 6.07 Å².